The summed E-state index contributed by atoms with van der Waals surface area (Å²) in [4.78, 5) is 11.5. The third kappa shape index (κ3) is 2.36. The van der Waals surface area contributed by atoms with E-state index < -0.39 is 11.6 Å². The average molecular weight is 336 g/mol. The zero-order chi connectivity index (χ0) is 17.1. The lowest BCUT2D eigenvalue weighted by Crippen LogP contribution is -2.60. The maximum Gasteiger partial charge on any atom is 0.307 e. The molecule has 4 rings (SSSR count). The van der Waals surface area contributed by atoms with E-state index in [0.29, 0.717) is 18.4 Å². The molecule has 136 valence electrons. The van der Waals surface area contributed by atoms with Gasteiger partial charge in [-0.15, -0.1) is 0 Å². The number of carboxylic acids is 1. The van der Waals surface area contributed by atoms with E-state index in [1.165, 1.54) is 19.3 Å². The van der Waals surface area contributed by atoms with E-state index in [-0.39, 0.29) is 11.3 Å². The van der Waals surface area contributed by atoms with E-state index in [2.05, 4.69) is 6.92 Å². The van der Waals surface area contributed by atoms with Gasteiger partial charge in [0.25, 0.3) is 0 Å². The predicted octanol–water partition coefficient (Wildman–Crippen LogP) is 3.33. The molecule has 0 spiro atoms. The minimum Gasteiger partial charge on any atom is -0.481 e. The van der Waals surface area contributed by atoms with Gasteiger partial charge in [0, 0.05) is 7.11 Å². The third-order valence-electron chi connectivity index (χ3n) is 8.54. The van der Waals surface area contributed by atoms with E-state index in [9.17, 15) is 15.0 Å². The molecule has 0 bridgehead atoms. The molecule has 0 aromatic heterocycles. The average Bonchev–Trinajstić information content (AvgIpc) is 2.50. The second-order valence-corrected chi connectivity index (χ2v) is 9.51. The van der Waals surface area contributed by atoms with Crippen molar-refractivity contribution in [2.75, 3.05) is 13.7 Å². The zero-order valence-electron chi connectivity index (χ0n) is 15.0. The molecule has 0 amide bonds. The number of carboxylic acid groups (broad SMARTS) is 1. The molecule has 4 aliphatic rings. The number of rotatable bonds is 3. The van der Waals surface area contributed by atoms with Crippen molar-refractivity contribution in [3.05, 3.63) is 0 Å². The van der Waals surface area contributed by atoms with Gasteiger partial charge in [0.05, 0.1) is 18.1 Å². The molecule has 4 heteroatoms. The molecule has 8 atom stereocenters. The number of hydrogen-bond acceptors (Lipinski definition) is 3. The normalized spacial score (nSPS) is 53.3. The Bertz CT molecular complexity index is 520. The topological polar surface area (TPSA) is 66.8 Å². The van der Waals surface area contributed by atoms with E-state index in [4.69, 9.17) is 4.74 Å². The molecule has 4 fully saturated rings. The van der Waals surface area contributed by atoms with Crippen LogP contribution < -0.4 is 0 Å². The summed E-state index contributed by atoms with van der Waals surface area (Å²) in [7, 11) is 1.68. The molecule has 2 N–H and O–H groups in total. The van der Waals surface area contributed by atoms with Crippen LogP contribution in [0, 0.1) is 40.9 Å². The highest BCUT2D eigenvalue weighted by Crippen LogP contribution is 2.67. The summed E-state index contributed by atoms with van der Waals surface area (Å²) in [6.45, 7) is 2.70. The van der Waals surface area contributed by atoms with Crippen LogP contribution in [-0.2, 0) is 9.53 Å². The molecule has 4 nitrogen and oxygen atoms in total. The van der Waals surface area contributed by atoms with Gasteiger partial charge in [0.1, 0.15) is 0 Å². The lowest BCUT2D eigenvalue weighted by molar-refractivity contribution is -0.191. The van der Waals surface area contributed by atoms with Crippen LogP contribution >= 0.6 is 0 Å². The monoisotopic (exact) mass is 336 g/mol. The predicted molar refractivity (Wildman–Crippen MR) is 90.4 cm³/mol. The first-order valence-corrected chi connectivity index (χ1v) is 9.82. The van der Waals surface area contributed by atoms with Crippen molar-refractivity contribution in [2.45, 2.75) is 63.9 Å². The van der Waals surface area contributed by atoms with Crippen molar-refractivity contribution < 1.29 is 19.7 Å². The summed E-state index contributed by atoms with van der Waals surface area (Å²) >= 11 is 0. The van der Waals surface area contributed by atoms with E-state index in [0.717, 1.165) is 49.9 Å². The van der Waals surface area contributed by atoms with Crippen LogP contribution in [0.15, 0.2) is 0 Å². The number of hydrogen-bond donors (Lipinski definition) is 2. The van der Waals surface area contributed by atoms with Crippen molar-refractivity contribution in [3.63, 3.8) is 0 Å². The third-order valence-corrected chi connectivity index (χ3v) is 8.54. The number of aliphatic carboxylic acids is 1. The Morgan fingerprint density at radius 3 is 2.58 bits per heavy atom. The van der Waals surface area contributed by atoms with Crippen molar-refractivity contribution in [2.24, 2.45) is 40.9 Å². The lowest BCUT2D eigenvalue weighted by Gasteiger charge is -2.64. The molecule has 24 heavy (non-hydrogen) atoms. The molecule has 0 heterocycles. The first-order valence-electron chi connectivity index (χ1n) is 9.82. The lowest BCUT2D eigenvalue weighted by atomic mass is 9.40. The SMILES string of the molecule is COC[C@@]1(O)CC[C@H]2[C@H](CC[C@@H]3[C@@H]2CC[C@]2(C)C(C(=O)O)C[C@@H]32)C1. The summed E-state index contributed by atoms with van der Waals surface area (Å²) in [6, 6.07) is 0. The number of aliphatic hydroxyl groups is 1. The molecular weight excluding hydrogens is 304 g/mol. The van der Waals surface area contributed by atoms with Crippen LogP contribution in [0.1, 0.15) is 58.3 Å². The van der Waals surface area contributed by atoms with Gasteiger partial charge in [0.15, 0.2) is 0 Å². The van der Waals surface area contributed by atoms with Gasteiger partial charge in [0.2, 0.25) is 0 Å². The van der Waals surface area contributed by atoms with Crippen LogP contribution in [0.25, 0.3) is 0 Å². The summed E-state index contributed by atoms with van der Waals surface area (Å²) in [5.41, 5.74) is -0.567. The zero-order valence-corrected chi connectivity index (χ0v) is 15.0. The van der Waals surface area contributed by atoms with Gasteiger partial charge in [-0.05, 0) is 86.4 Å². The molecule has 4 saturated carbocycles. The van der Waals surface area contributed by atoms with E-state index in [1.54, 1.807) is 7.11 Å². The van der Waals surface area contributed by atoms with Crippen molar-refractivity contribution >= 4 is 5.97 Å². The standard InChI is InChI=1S/C20H32O4/c1-19-7-5-14-13-6-8-20(23,11-24-2)10-12(13)3-4-15(14)16(19)9-17(19)18(21)22/h12-17,23H,3-11H2,1-2H3,(H,21,22)/t12-,13+,14-,15-,16+,17?,19+,20-/m1/s1. The van der Waals surface area contributed by atoms with E-state index in [1.807, 2.05) is 0 Å². The van der Waals surface area contributed by atoms with Crippen LogP contribution in [0.2, 0.25) is 0 Å². The Morgan fingerprint density at radius 1 is 1.12 bits per heavy atom. The highest BCUT2D eigenvalue weighted by atomic mass is 16.5. The largest absolute Gasteiger partial charge is 0.481 e. The van der Waals surface area contributed by atoms with Crippen LogP contribution in [0.5, 0.6) is 0 Å². The molecule has 0 aliphatic heterocycles. The van der Waals surface area contributed by atoms with Gasteiger partial charge in [-0.3, -0.25) is 4.79 Å². The molecule has 1 unspecified atom stereocenters. The Morgan fingerprint density at radius 2 is 1.88 bits per heavy atom. The number of ether oxygens (including phenoxy) is 1. The quantitative estimate of drug-likeness (QED) is 0.829. The second-order valence-electron chi connectivity index (χ2n) is 9.51. The number of fused-ring (bicyclic) bond motifs is 5. The number of carbonyl (C=O) groups is 1. The Balaban J connectivity index is 1.47. The summed E-state index contributed by atoms with van der Waals surface area (Å²) in [6.07, 6.45) is 8.52. The summed E-state index contributed by atoms with van der Waals surface area (Å²) in [5.74, 6) is 2.81. The van der Waals surface area contributed by atoms with Gasteiger partial charge in [-0.1, -0.05) is 6.92 Å². The maximum atomic E-state index is 11.5. The van der Waals surface area contributed by atoms with Crippen LogP contribution in [0.4, 0.5) is 0 Å². The minimum absolute atomic E-state index is 0.0469. The minimum atomic E-state index is -0.614. The van der Waals surface area contributed by atoms with Gasteiger partial charge >= 0.3 is 5.97 Å². The van der Waals surface area contributed by atoms with Crippen LogP contribution in [-0.4, -0.2) is 35.5 Å². The molecule has 4 aliphatic carbocycles. The summed E-state index contributed by atoms with van der Waals surface area (Å²) < 4.78 is 5.25. The Labute approximate surface area is 145 Å². The Kier molecular flexibility index (Phi) is 4.00. The molecule has 0 radical (unpaired) electrons. The first kappa shape index (κ1) is 16.8. The second kappa shape index (κ2) is 5.70. The van der Waals surface area contributed by atoms with Crippen LogP contribution in [0.3, 0.4) is 0 Å². The fourth-order valence-corrected chi connectivity index (χ4v) is 7.33. The van der Waals surface area contributed by atoms with Crippen molar-refractivity contribution in [1.82, 2.24) is 0 Å². The van der Waals surface area contributed by atoms with E-state index >= 15 is 0 Å². The summed E-state index contributed by atoms with van der Waals surface area (Å²) in [5, 5.41) is 20.2. The molecular formula is C20H32O4. The van der Waals surface area contributed by atoms with Gasteiger partial charge < -0.3 is 14.9 Å². The van der Waals surface area contributed by atoms with Crippen molar-refractivity contribution in [3.8, 4) is 0 Å². The smallest absolute Gasteiger partial charge is 0.307 e. The molecule has 0 aromatic carbocycles. The highest BCUT2D eigenvalue weighted by Gasteiger charge is 2.62. The number of methoxy groups -OCH3 is 1. The fourth-order valence-electron chi connectivity index (χ4n) is 7.33. The van der Waals surface area contributed by atoms with Crippen molar-refractivity contribution in [1.29, 1.82) is 0 Å². The Hall–Kier alpha value is -0.610. The highest BCUT2D eigenvalue weighted by molar-refractivity contribution is 5.72. The maximum absolute atomic E-state index is 11.5. The molecule has 0 aromatic rings. The fraction of sp³-hybridized carbons (Fsp3) is 0.950. The molecule has 0 saturated heterocycles. The van der Waals surface area contributed by atoms with Gasteiger partial charge in [-0.2, -0.15) is 0 Å². The first-order chi connectivity index (χ1) is 11.4. The van der Waals surface area contributed by atoms with Gasteiger partial charge in [-0.25, -0.2) is 0 Å².